The second-order valence-corrected chi connectivity index (χ2v) is 3.69. The Hall–Kier alpha value is -0.740. The lowest BCUT2D eigenvalue weighted by molar-refractivity contribution is 0.102. The first-order valence-corrected chi connectivity index (χ1v) is 5.08. The van der Waals surface area contributed by atoms with Crippen LogP contribution in [0.2, 0.25) is 0 Å². The predicted molar refractivity (Wildman–Crippen MR) is 57.4 cm³/mol. The van der Waals surface area contributed by atoms with Gasteiger partial charge in [0.2, 0.25) is 0 Å². The topological polar surface area (TPSA) is 46.5 Å². The first kappa shape index (κ1) is 11.3. The Bertz CT molecular complexity index is 365. The fourth-order valence-corrected chi connectivity index (χ4v) is 1.56. The van der Waals surface area contributed by atoms with Crippen LogP contribution >= 0.6 is 27.5 Å². The summed E-state index contributed by atoms with van der Waals surface area (Å²) in [5, 5.41) is 9.46. The van der Waals surface area contributed by atoms with Crippen LogP contribution in [0.4, 0.5) is 0 Å². The average molecular weight is 280 g/mol. The molecule has 0 spiro atoms. The first-order valence-electron chi connectivity index (χ1n) is 3.75. The van der Waals surface area contributed by atoms with Gasteiger partial charge < -0.3 is 9.84 Å². The molecule has 0 saturated heterocycles. The van der Waals surface area contributed by atoms with Crippen LogP contribution in [0.5, 0.6) is 11.5 Å². The van der Waals surface area contributed by atoms with Crippen molar-refractivity contribution < 1.29 is 14.6 Å². The van der Waals surface area contributed by atoms with E-state index >= 15 is 0 Å². The number of methoxy groups -OCH3 is 1. The van der Waals surface area contributed by atoms with E-state index in [-0.39, 0.29) is 23.2 Å². The summed E-state index contributed by atoms with van der Waals surface area (Å²) in [6, 6.07) is 2.95. The molecule has 1 aromatic carbocycles. The number of benzene rings is 1. The number of phenolic OH excluding ortho intramolecular Hbond substituents is 1. The fourth-order valence-electron chi connectivity index (χ4n) is 0.968. The minimum atomic E-state index is -0.217. The number of aromatic hydroxyl groups is 1. The Labute approximate surface area is 94.8 Å². The van der Waals surface area contributed by atoms with Crippen molar-refractivity contribution in [2.75, 3.05) is 13.0 Å². The van der Waals surface area contributed by atoms with Crippen LogP contribution in [0.25, 0.3) is 0 Å². The third-order valence-corrected chi connectivity index (χ3v) is 2.54. The molecule has 0 aliphatic rings. The summed E-state index contributed by atoms with van der Waals surface area (Å²) in [5.41, 5.74) is 0.404. The van der Waals surface area contributed by atoms with Gasteiger partial charge in [0.1, 0.15) is 0 Å². The normalized spacial score (nSPS) is 9.93. The van der Waals surface area contributed by atoms with E-state index in [1.54, 1.807) is 0 Å². The molecular weight excluding hydrogens is 271 g/mol. The first-order chi connectivity index (χ1) is 6.60. The molecule has 5 heteroatoms. The van der Waals surface area contributed by atoms with Gasteiger partial charge in [0, 0.05) is 5.56 Å². The summed E-state index contributed by atoms with van der Waals surface area (Å²) in [4.78, 5) is 11.3. The summed E-state index contributed by atoms with van der Waals surface area (Å²) in [6.07, 6.45) is 0. The molecular formula is C9H8BrClO3. The smallest absolute Gasteiger partial charge is 0.177 e. The Morgan fingerprint density at radius 3 is 2.79 bits per heavy atom. The molecule has 0 fully saturated rings. The molecule has 3 nitrogen and oxygen atoms in total. The van der Waals surface area contributed by atoms with Crippen LogP contribution in [-0.2, 0) is 0 Å². The molecule has 0 saturated carbocycles. The van der Waals surface area contributed by atoms with Crippen molar-refractivity contribution in [1.29, 1.82) is 0 Å². The quantitative estimate of drug-likeness (QED) is 0.683. The lowest BCUT2D eigenvalue weighted by atomic mass is 10.1. The number of Topliss-reactive ketones (excluding diaryl/α,β-unsaturated/α-hetero) is 1. The van der Waals surface area contributed by atoms with E-state index in [9.17, 15) is 9.90 Å². The van der Waals surface area contributed by atoms with Gasteiger partial charge in [0.05, 0.1) is 17.5 Å². The lowest BCUT2D eigenvalue weighted by Crippen LogP contribution is -2.00. The molecule has 0 aliphatic carbocycles. The Kier molecular flexibility index (Phi) is 3.77. The highest BCUT2D eigenvalue weighted by Crippen LogP contribution is 2.35. The van der Waals surface area contributed by atoms with Crippen molar-refractivity contribution in [3.63, 3.8) is 0 Å². The molecule has 14 heavy (non-hydrogen) atoms. The number of halogens is 2. The molecule has 0 amide bonds. The molecule has 0 atom stereocenters. The zero-order chi connectivity index (χ0) is 10.7. The van der Waals surface area contributed by atoms with Crippen LogP contribution in [0.1, 0.15) is 10.4 Å². The van der Waals surface area contributed by atoms with E-state index in [4.69, 9.17) is 16.3 Å². The number of hydrogen-bond donors (Lipinski definition) is 1. The molecule has 1 aromatic rings. The van der Waals surface area contributed by atoms with Gasteiger partial charge in [-0.05, 0) is 28.1 Å². The van der Waals surface area contributed by atoms with Crippen molar-refractivity contribution in [2.45, 2.75) is 0 Å². The van der Waals surface area contributed by atoms with Crippen molar-refractivity contribution in [3.8, 4) is 11.5 Å². The van der Waals surface area contributed by atoms with Crippen LogP contribution in [0.3, 0.4) is 0 Å². The largest absolute Gasteiger partial charge is 0.503 e. The number of ketones is 1. The monoisotopic (exact) mass is 278 g/mol. The third-order valence-electron chi connectivity index (χ3n) is 1.69. The highest BCUT2D eigenvalue weighted by molar-refractivity contribution is 9.10. The van der Waals surface area contributed by atoms with Gasteiger partial charge in [0.15, 0.2) is 17.3 Å². The van der Waals surface area contributed by atoms with E-state index < -0.39 is 0 Å². The van der Waals surface area contributed by atoms with Crippen molar-refractivity contribution in [3.05, 3.63) is 22.2 Å². The van der Waals surface area contributed by atoms with E-state index in [0.29, 0.717) is 10.0 Å². The summed E-state index contributed by atoms with van der Waals surface area (Å²) < 4.78 is 5.29. The predicted octanol–water partition coefficient (Wildman–Crippen LogP) is 2.58. The van der Waals surface area contributed by atoms with Gasteiger partial charge in [-0.15, -0.1) is 11.6 Å². The minimum Gasteiger partial charge on any atom is -0.503 e. The van der Waals surface area contributed by atoms with Gasteiger partial charge in [0.25, 0.3) is 0 Å². The van der Waals surface area contributed by atoms with Crippen molar-refractivity contribution >= 4 is 33.3 Å². The second-order valence-electron chi connectivity index (χ2n) is 2.57. The third kappa shape index (κ3) is 2.19. The summed E-state index contributed by atoms with van der Waals surface area (Å²) in [5.74, 6) is -0.0995. The van der Waals surface area contributed by atoms with Crippen LogP contribution in [0.15, 0.2) is 16.6 Å². The molecule has 0 unspecified atom stereocenters. The van der Waals surface area contributed by atoms with Crippen LogP contribution in [-0.4, -0.2) is 23.9 Å². The number of carbonyl (C=O) groups is 1. The number of carbonyl (C=O) groups excluding carboxylic acids is 1. The molecule has 1 rings (SSSR count). The lowest BCUT2D eigenvalue weighted by Gasteiger charge is -2.07. The minimum absolute atomic E-state index is 0.0291. The SMILES string of the molecule is COc1cc(C(=O)CCl)cc(Br)c1O. The number of phenols is 1. The second kappa shape index (κ2) is 4.66. The molecule has 0 radical (unpaired) electrons. The van der Waals surface area contributed by atoms with E-state index in [2.05, 4.69) is 15.9 Å². The van der Waals surface area contributed by atoms with Gasteiger partial charge in [-0.3, -0.25) is 4.79 Å². The molecule has 1 N–H and O–H groups in total. The van der Waals surface area contributed by atoms with Gasteiger partial charge in [-0.2, -0.15) is 0 Å². The van der Waals surface area contributed by atoms with E-state index in [1.807, 2.05) is 0 Å². The zero-order valence-corrected chi connectivity index (χ0v) is 9.72. The highest BCUT2D eigenvalue weighted by Gasteiger charge is 2.12. The maximum Gasteiger partial charge on any atom is 0.177 e. The molecule has 0 bridgehead atoms. The number of rotatable bonds is 3. The highest BCUT2D eigenvalue weighted by atomic mass is 79.9. The average Bonchev–Trinajstić information content (AvgIpc) is 2.20. The maximum absolute atomic E-state index is 11.3. The van der Waals surface area contributed by atoms with Crippen LogP contribution < -0.4 is 4.74 Å². The number of ether oxygens (including phenoxy) is 1. The Morgan fingerprint density at radius 1 is 1.64 bits per heavy atom. The Balaban J connectivity index is 3.22. The summed E-state index contributed by atoms with van der Waals surface area (Å²) in [6.45, 7) is 0. The van der Waals surface area contributed by atoms with E-state index in [0.717, 1.165) is 0 Å². The van der Waals surface area contributed by atoms with Gasteiger partial charge in [-0.25, -0.2) is 0 Å². The van der Waals surface area contributed by atoms with Gasteiger partial charge in [-0.1, -0.05) is 0 Å². The molecule has 0 aromatic heterocycles. The molecule has 0 heterocycles. The van der Waals surface area contributed by atoms with Gasteiger partial charge >= 0.3 is 0 Å². The van der Waals surface area contributed by atoms with E-state index in [1.165, 1.54) is 19.2 Å². The molecule has 0 aliphatic heterocycles. The zero-order valence-electron chi connectivity index (χ0n) is 7.38. The number of hydrogen-bond acceptors (Lipinski definition) is 3. The number of alkyl halides is 1. The maximum atomic E-state index is 11.3. The standard InChI is InChI=1S/C9H8BrClO3/c1-14-8-3-5(7(12)4-11)2-6(10)9(8)13/h2-3,13H,4H2,1H3. The fraction of sp³-hybridized carbons (Fsp3) is 0.222. The summed E-state index contributed by atoms with van der Waals surface area (Å²) >= 11 is 8.52. The Morgan fingerprint density at radius 2 is 2.29 bits per heavy atom. The molecule has 76 valence electrons. The van der Waals surface area contributed by atoms with Crippen molar-refractivity contribution in [1.82, 2.24) is 0 Å². The summed E-state index contributed by atoms with van der Waals surface area (Å²) in [7, 11) is 1.41. The van der Waals surface area contributed by atoms with Crippen LogP contribution in [0, 0.1) is 0 Å². The van der Waals surface area contributed by atoms with Crippen molar-refractivity contribution in [2.24, 2.45) is 0 Å².